The highest BCUT2D eigenvalue weighted by Gasteiger charge is 2.21. The van der Waals surface area contributed by atoms with Crippen LogP contribution < -0.4 is 9.64 Å². The Balaban J connectivity index is 1.90. The molecule has 0 unspecified atom stereocenters. The fourth-order valence-corrected chi connectivity index (χ4v) is 4.18. The average Bonchev–Trinajstić information content (AvgIpc) is 2.84. The van der Waals surface area contributed by atoms with Crippen LogP contribution in [0.5, 0.6) is 28.7 Å². The van der Waals surface area contributed by atoms with Gasteiger partial charge in [-0.25, -0.2) is 0 Å². The second-order valence-electron chi connectivity index (χ2n) is 9.02. The van der Waals surface area contributed by atoms with Crippen molar-refractivity contribution < 1.29 is 20.1 Å². The highest BCUT2D eigenvalue weighted by atomic mass is 16.5. The van der Waals surface area contributed by atoms with Gasteiger partial charge in [-0.15, -0.1) is 0 Å². The van der Waals surface area contributed by atoms with Gasteiger partial charge in [0, 0.05) is 23.1 Å². The zero-order valence-electron chi connectivity index (χ0n) is 21.0. The minimum Gasteiger partial charge on any atom is -0.508 e. The molecule has 0 spiro atoms. The molecule has 0 aliphatic heterocycles. The number of phenolic OH excluding ortho intramolecular Hbond substituents is 3. The van der Waals surface area contributed by atoms with Gasteiger partial charge in [-0.2, -0.15) is 0 Å². The van der Waals surface area contributed by atoms with Gasteiger partial charge in [-0.05, 0) is 111 Å². The van der Waals surface area contributed by atoms with E-state index in [-0.39, 0.29) is 17.2 Å². The van der Waals surface area contributed by atoms with E-state index in [1.807, 2.05) is 90.1 Å². The highest BCUT2D eigenvalue weighted by molar-refractivity contribution is 5.82. The van der Waals surface area contributed by atoms with Gasteiger partial charge in [-0.1, -0.05) is 18.2 Å². The van der Waals surface area contributed by atoms with Crippen molar-refractivity contribution >= 4 is 17.1 Å². The topological polar surface area (TPSA) is 73.2 Å². The molecule has 0 aliphatic carbocycles. The van der Waals surface area contributed by atoms with E-state index in [1.165, 1.54) is 0 Å². The maximum absolute atomic E-state index is 10.6. The van der Waals surface area contributed by atoms with Crippen LogP contribution in [0.4, 0.5) is 17.1 Å². The Kier molecular flexibility index (Phi) is 6.35. The summed E-state index contributed by atoms with van der Waals surface area (Å²) >= 11 is 0. The van der Waals surface area contributed by atoms with Gasteiger partial charge in [0.2, 0.25) is 0 Å². The number of aryl methyl sites for hydroxylation is 2. The van der Waals surface area contributed by atoms with Gasteiger partial charge in [0.25, 0.3) is 0 Å². The third-order valence-electron chi connectivity index (χ3n) is 6.77. The van der Waals surface area contributed by atoms with E-state index in [4.69, 9.17) is 4.74 Å². The first kappa shape index (κ1) is 24.0. The normalized spacial score (nSPS) is 10.9. The number of benzene rings is 4. The molecule has 5 heteroatoms. The molecule has 180 valence electrons. The van der Waals surface area contributed by atoms with E-state index < -0.39 is 0 Å². The lowest BCUT2D eigenvalue weighted by molar-refractivity contribution is 0.406. The third kappa shape index (κ3) is 4.37. The van der Waals surface area contributed by atoms with Gasteiger partial charge in [-0.3, -0.25) is 0 Å². The molecule has 0 aromatic heterocycles. The highest BCUT2D eigenvalue weighted by Crippen LogP contribution is 2.44. The van der Waals surface area contributed by atoms with Crippen LogP contribution in [0.15, 0.2) is 60.7 Å². The lowest BCUT2D eigenvalue weighted by atomic mass is 10.0. The van der Waals surface area contributed by atoms with Crippen LogP contribution in [-0.4, -0.2) is 15.3 Å². The summed E-state index contributed by atoms with van der Waals surface area (Å²) in [6.45, 7) is 11.5. The molecule has 0 heterocycles. The minimum absolute atomic E-state index is 0.127. The third-order valence-corrected chi connectivity index (χ3v) is 6.77. The Morgan fingerprint density at radius 1 is 0.600 bits per heavy atom. The lowest BCUT2D eigenvalue weighted by Crippen LogP contribution is -2.13. The van der Waals surface area contributed by atoms with Crippen molar-refractivity contribution in [3.05, 3.63) is 94.0 Å². The standard InChI is InChI=1S/C30H31NO4/c1-17-10-11-18(2)30(29(17)34)35-24-9-7-8-23(16-24)31(25-12-14-27(32)21(5)19(25)3)26-13-15-28(33)22(6)20(26)4/h7-16,32-34H,1-6H3. The SMILES string of the molecule is Cc1ccc(C)c(Oc2cccc(N(c3ccc(O)c(C)c3C)c3ccc(O)c(C)c3C)c2)c1O. The molecule has 0 saturated heterocycles. The second kappa shape index (κ2) is 9.26. The molecular formula is C30H31NO4. The summed E-state index contributed by atoms with van der Waals surface area (Å²) in [5.41, 5.74) is 7.71. The summed E-state index contributed by atoms with van der Waals surface area (Å²) in [4.78, 5) is 2.10. The van der Waals surface area contributed by atoms with Crippen molar-refractivity contribution in [2.24, 2.45) is 0 Å². The van der Waals surface area contributed by atoms with E-state index >= 15 is 0 Å². The molecule has 4 rings (SSSR count). The predicted octanol–water partition coefficient (Wildman–Crippen LogP) is 7.92. The van der Waals surface area contributed by atoms with Crippen LogP contribution in [0.3, 0.4) is 0 Å². The summed E-state index contributed by atoms with van der Waals surface area (Å²) in [7, 11) is 0. The number of ether oxygens (including phenoxy) is 1. The van der Waals surface area contributed by atoms with Crippen molar-refractivity contribution in [1.82, 2.24) is 0 Å². The first-order valence-corrected chi connectivity index (χ1v) is 11.6. The number of hydrogen-bond donors (Lipinski definition) is 3. The maximum atomic E-state index is 10.6. The molecule has 5 nitrogen and oxygen atoms in total. The van der Waals surface area contributed by atoms with Crippen LogP contribution >= 0.6 is 0 Å². The first-order chi connectivity index (χ1) is 16.6. The summed E-state index contributed by atoms with van der Waals surface area (Å²) in [6, 6.07) is 18.6. The van der Waals surface area contributed by atoms with E-state index in [2.05, 4.69) is 4.90 Å². The van der Waals surface area contributed by atoms with Crippen LogP contribution in [0.1, 0.15) is 33.4 Å². The largest absolute Gasteiger partial charge is 0.508 e. The van der Waals surface area contributed by atoms with E-state index in [0.717, 1.165) is 50.4 Å². The zero-order chi connectivity index (χ0) is 25.4. The summed E-state index contributed by atoms with van der Waals surface area (Å²) < 4.78 is 6.17. The van der Waals surface area contributed by atoms with Crippen LogP contribution in [0.25, 0.3) is 0 Å². The second-order valence-corrected chi connectivity index (χ2v) is 9.02. The van der Waals surface area contributed by atoms with Crippen molar-refractivity contribution in [1.29, 1.82) is 0 Å². The van der Waals surface area contributed by atoms with Crippen molar-refractivity contribution in [3.63, 3.8) is 0 Å². The summed E-state index contributed by atoms with van der Waals surface area (Å²) in [5, 5.41) is 31.1. The molecule has 0 fully saturated rings. The van der Waals surface area contributed by atoms with Crippen molar-refractivity contribution in [2.75, 3.05) is 4.90 Å². The van der Waals surface area contributed by atoms with Crippen LogP contribution in [0, 0.1) is 41.5 Å². The van der Waals surface area contributed by atoms with Gasteiger partial charge >= 0.3 is 0 Å². The van der Waals surface area contributed by atoms with Gasteiger partial charge < -0.3 is 25.0 Å². The summed E-state index contributed by atoms with van der Waals surface area (Å²) in [6.07, 6.45) is 0. The molecule has 0 saturated carbocycles. The number of nitrogens with zero attached hydrogens (tertiary/aromatic N) is 1. The van der Waals surface area contributed by atoms with E-state index in [0.29, 0.717) is 11.5 Å². The lowest BCUT2D eigenvalue weighted by Gasteiger charge is -2.30. The van der Waals surface area contributed by atoms with Crippen LogP contribution in [-0.2, 0) is 0 Å². The first-order valence-electron chi connectivity index (χ1n) is 11.6. The molecule has 4 aromatic rings. The van der Waals surface area contributed by atoms with Gasteiger partial charge in [0.05, 0.1) is 0 Å². The van der Waals surface area contributed by atoms with E-state index in [1.54, 1.807) is 12.1 Å². The Morgan fingerprint density at radius 3 is 1.71 bits per heavy atom. The van der Waals surface area contributed by atoms with Gasteiger partial charge in [0.1, 0.15) is 17.2 Å². The Morgan fingerprint density at radius 2 is 1.14 bits per heavy atom. The number of phenols is 3. The minimum atomic E-state index is 0.127. The molecule has 35 heavy (non-hydrogen) atoms. The van der Waals surface area contributed by atoms with E-state index in [9.17, 15) is 15.3 Å². The summed E-state index contributed by atoms with van der Waals surface area (Å²) in [5.74, 6) is 1.63. The predicted molar refractivity (Wildman–Crippen MR) is 141 cm³/mol. The zero-order valence-corrected chi connectivity index (χ0v) is 21.0. The molecule has 0 radical (unpaired) electrons. The smallest absolute Gasteiger partial charge is 0.172 e. The quantitative estimate of drug-likeness (QED) is 0.277. The van der Waals surface area contributed by atoms with Crippen molar-refractivity contribution in [2.45, 2.75) is 41.5 Å². The Bertz CT molecular complexity index is 1370. The maximum Gasteiger partial charge on any atom is 0.172 e. The van der Waals surface area contributed by atoms with Crippen molar-refractivity contribution in [3.8, 4) is 28.7 Å². The molecular weight excluding hydrogens is 438 g/mol. The number of hydrogen-bond acceptors (Lipinski definition) is 5. The molecule has 0 atom stereocenters. The Labute approximate surface area is 206 Å². The van der Waals surface area contributed by atoms with Crippen LogP contribution in [0.2, 0.25) is 0 Å². The molecule has 0 bridgehead atoms. The fourth-order valence-electron chi connectivity index (χ4n) is 4.18. The average molecular weight is 470 g/mol. The molecule has 3 N–H and O–H groups in total. The molecule has 0 aliphatic rings. The molecule has 4 aromatic carbocycles. The fraction of sp³-hybridized carbons (Fsp3) is 0.200. The number of anilines is 3. The number of aromatic hydroxyl groups is 3. The monoisotopic (exact) mass is 469 g/mol. The number of rotatable bonds is 5. The Hall–Kier alpha value is -4.12. The van der Waals surface area contributed by atoms with Gasteiger partial charge in [0.15, 0.2) is 11.5 Å². The molecule has 0 amide bonds.